The smallest absolute Gasteiger partial charge is 0.364 e. The van der Waals surface area contributed by atoms with E-state index in [1.54, 1.807) is 0 Å². The molecule has 0 saturated heterocycles. The van der Waals surface area contributed by atoms with Crippen LogP contribution in [0.3, 0.4) is 0 Å². The number of hydrogen-bond donors (Lipinski definition) is 0. The molecule has 0 N–H and O–H groups in total. The average Bonchev–Trinajstić information content (AvgIpc) is 2.03. The molecule has 0 saturated carbocycles. The van der Waals surface area contributed by atoms with Gasteiger partial charge in [0.05, 0.1) is 9.85 Å². The zero-order chi connectivity index (χ0) is 11.1. The Bertz CT molecular complexity index is 194. The van der Waals surface area contributed by atoms with Crippen LogP contribution in [0.4, 0.5) is 0 Å². The fourth-order valence-electron chi connectivity index (χ4n) is 0.919. The van der Waals surface area contributed by atoms with E-state index in [1.165, 1.54) is 6.92 Å². The van der Waals surface area contributed by atoms with Gasteiger partial charge in [-0.15, -0.1) is 0 Å². The minimum absolute atomic E-state index is 0.315. The van der Waals surface area contributed by atoms with Crippen molar-refractivity contribution in [3.63, 3.8) is 0 Å². The topological polar surface area (TPSA) is 95.5 Å². The van der Waals surface area contributed by atoms with Gasteiger partial charge in [0, 0.05) is 6.61 Å². The molecule has 0 aliphatic carbocycles. The number of hydrogen-bond acceptors (Lipinski definition) is 5. The Morgan fingerprint density at radius 1 is 1.29 bits per heavy atom. The van der Waals surface area contributed by atoms with Gasteiger partial charge in [-0.1, -0.05) is 13.3 Å². The second kappa shape index (κ2) is 6.25. The van der Waals surface area contributed by atoms with Gasteiger partial charge in [-0.3, -0.25) is 20.2 Å². The summed E-state index contributed by atoms with van der Waals surface area (Å²) in [7, 11) is 0. The Morgan fingerprint density at radius 2 is 1.79 bits per heavy atom. The SMILES string of the molecule is CCCCOC(C)C([N+](=O)[O-])[N+](=O)[O-]. The number of ether oxygens (including phenoxy) is 1. The van der Waals surface area contributed by atoms with Crippen LogP contribution in [0.5, 0.6) is 0 Å². The average molecular weight is 206 g/mol. The standard InChI is InChI=1S/C7H14N2O5/c1-3-4-5-14-6(2)7(8(10)11)9(12)13/h6-7H,3-5H2,1-2H3. The van der Waals surface area contributed by atoms with E-state index in [-0.39, 0.29) is 0 Å². The minimum atomic E-state index is -1.87. The molecule has 0 aromatic rings. The molecule has 0 bridgehead atoms. The summed E-state index contributed by atoms with van der Waals surface area (Å²) in [6.45, 7) is 3.59. The second-order valence-corrected chi connectivity index (χ2v) is 2.91. The lowest BCUT2D eigenvalue weighted by molar-refractivity contribution is -0.751. The maximum Gasteiger partial charge on any atom is 0.475 e. The first kappa shape index (κ1) is 12.8. The highest BCUT2D eigenvalue weighted by Gasteiger charge is 2.39. The summed E-state index contributed by atoms with van der Waals surface area (Å²) < 4.78 is 4.98. The number of rotatable bonds is 7. The van der Waals surface area contributed by atoms with Crippen molar-refractivity contribution in [3.05, 3.63) is 20.2 Å². The highest BCUT2D eigenvalue weighted by Crippen LogP contribution is 2.04. The van der Waals surface area contributed by atoms with Crippen LogP contribution in [0.25, 0.3) is 0 Å². The summed E-state index contributed by atoms with van der Waals surface area (Å²) in [4.78, 5) is 18.7. The van der Waals surface area contributed by atoms with Crippen LogP contribution in [0.1, 0.15) is 26.7 Å². The Morgan fingerprint density at radius 3 is 2.14 bits per heavy atom. The Kier molecular flexibility index (Phi) is 5.70. The van der Waals surface area contributed by atoms with E-state index in [1.807, 2.05) is 6.92 Å². The van der Waals surface area contributed by atoms with Gasteiger partial charge < -0.3 is 4.74 Å². The fourth-order valence-corrected chi connectivity index (χ4v) is 0.919. The maximum atomic E-state index is 10.3. The fraction of sp³-hybridized carbons (Fsp3) is 1.00. The van der Waals surface area contributed by atoms with Gasteiger partial charge in [-0.25, -0.2) is 0 Å². The van der Waals surface area contributed by atoms with Crippen molar-refractivity contribution in [1.82, 2.24) is 0 Å². The Hall–Kier alpha value is -1.24. The van der Waals surface area contributed by atoms with E-state index < -0.39 is 22.1 Å². The van der Waals surface area contributed by atoms with Crippen molar-refractivity contribution in [2.24, 2.45) is 0 Å². The summed E-state index contributed by atoms with van der Waals surface area (Å²) in [5.41, 5.74) is 0. The van der Waals surface area contributed by atoms with Crippen LogP contribution in [0.2, 0.25) is 0 Å². The van der Waals surface area contributed by atoms with Gasteiger partial charge >= 0.3 is 6.17 Å². The molecule has 0 fully saturated rings. The molecule has 7 heteroatoms. The summed E-state index contributed by atoms with van der Waals surface area (Å²) in [6, 6.07) is 0. The van der Waals surface area contributed by atoms with Crippen LogP contribution in [-0.4, -0.2) is 28.7 Å². The molecule has 0 amide bonds. The van der Waals surface area contributed by atoms with E-state index in [9.17, 15) is 20.2 Å². The molecule has 0 heterocycles. The van der Waals surface area contributed by atoms with E-state index in [4.69, 9.17) is 4.74 Å². The first-order chi connectivity index (χ1) is 6.50. The van der Waals surface area contributed by atoms with Crippen LogP contribution >= 0.6 is 0 Å². The lowest BCUT2D eigenvalue weighted by Crippen LogP contribution is -2.40. The lowest BCUT2D eigenvalue weighted by Gasteiger charge is -2.11. The minimum Gasteiger partial charge on any atom is -0.364 e. The van der Waals surface area contributed by atoms with Crippen molar-refractivity contribution < 1.29 is 14.6 Å². The first-order valence-corrected chi connectivity index (χ1v) is 4.39. The highest BCUT2D eigenvalue weighted by atomic mass is 16.7. The molecular formula is C7H14N2O5. The molecule has 14 heavy (non-hydrogen) atoms. The van der Waals surface area contributed by atoms with Crippen molar-refractivity contribution in [2.45, 2.75) is 39.0 Å². The second-order valence-electron chi connectivity index (χ2n) is 2.91. The van der Waals surface area contributed by atoms with E-state index in [2.05, 4.69) is 0 Å². The van der Waals surface area contributed by atoms with Gasteiger partial charge in [0.15, 0.2) is 6.10 Å². The predicted molar refractivity (Wildman–Crippen MR) is 48.1 cm³/mol. The van der Waals surface area contributed by atoms with Crippen LogP contribution in [0, 0.1) is 20.2 Å². The molecule has 0 radical (unpaired) electrons. The van der Waals surface area contributed by atoms with Gasteiger partial charge in [-0.2, -0.15) is 0 Å². The molecule has 0 rings (SSSR count). The van der Waals surface area contributed by atoms with Gasteiger partial charge in [-0.05, 0) is 13.3 Å². The van der Waals surface area contributed by atoms with E-state index >= 15 is 0 Å². The first-order valence-electron chi connectivity index (χ1n) is 4.39. The molecule has 1 atom stereocenters. The monoisotopic (exact) mass is 206 g/mol. The van der Waals surface area contributed by atoms with Crippen LogP contribution in [0.15, 0.2) is 0 Å². The molecule has 0 aliphatic heterocycles. The van der Waals surface area contributed by atoms with Crippen molar-refractivity contribution >= 4 is 0 Å². The third-order valence-corrected chi connectivity index (χ3v) is 1.73. The largest absolute Gasteiger partial charge is 0.475 e. The highest BCUT2D eigenvalue weighted by molar-refractivity contribution is 4.53. The van der Waals surface area contributed by atoms with E-state index in [0.717, 1.165) is 12.8 Å². The molecule has 0 aromatic carbocycles. The number of unbranched alkanes of at least 4 members (excludes halogenated alkanes) is 1. The Balaban J connectivity index is 4.09. The number of nitro groups is 2. The quantitative estimate of drug-likeness (QED) is 0.268. The van der Waals surface area contributed by atoms with Crippen molar-refractivity contribution in [2.75, 3.05) is 6.61 Å². The normalized spacial score (nSPS) is 12.8. The molecule has 0 spiro atoms. The molecule has 1 unspecified atom stereocenters. The van der Waals surface area contributed by atoms with Gasteiger partial charge in [0.25, 0.3) is 0 Å². The van der Waals surface area contributed by atoms with E-state index in [0.29, 0.717) is 6.61 Å². The zero-order valence-corrected chi connectivity index (χ0v) is 8.21. The van der Waals surface area contributed by atoms with Gasteiger partial charge in [0.1, 0.15) is 0 Å². The zero-order valence-electron chi connectivity index (χ0n) is 8.21. The summed E-state index contributed by atoms with van der Waals surface area (Å²) in [5, 5.41) is 20.6. The molecule has 0 aromatic heterocycles. The Labute approximate surface area is 81.3 Å². The molecule has 0 aliphatic rings. The molecule has 7 nitrogen and oxygen atoms in total. The van der Waals surface area contributed by atoms with Gasteiger partial charge in [0.2, 0.25) is 0 Å². The van der Waals surface area contributed by atoms with Crippen LogP contribution in [-0.2, 0) is 4.74 Å². The summed E-state index contributed by atoms with van der Waals surface area (Å²) in [5.74, 6) is 0. The van der Waals surface area contributed by atoms with Crippen molar-refractivity contribution in [1.29, 1.82) is 0 Å². The summed E-state index contributed by atoms with van der Waals surface area (Å²) in [6.07, 6.45) is -1.24. The number of nitrogens with zero attached hydrogens (tertiary/aromatic N) is 2. The summed E-state index contributed by atoms with van der Waals surface area (Å²) >= 11 is 0. The third-order valence-electron chi connectivity index (χ3n) is 1.73. The maximum absolute atomic E-state index is 10.3. The lowest BCUT2D eigenvalue weighted by atomic mass is 10.3. The van der Waals surface area contributed by atoms with Crippen molar-refractivity contribution in [3.8, 4) is 0 Å². The molecule has 82 valence electrons. The molecular weight excluding hydrogens is 192 g/mol. The van der Waals surface area contributed by atoms with Crippen LogP contribution < -0.4 is 0 Å². The predicted octanol–water partition coefficient (Wildman–Crippen LogP) is 1.07. The third kappa shape index (κ3) is 4.13.